The van der Waals surface area contributed by atoms with Crippen LogP contribution in [0.4, 0.5) is 0 Å². The molecule has 4 nitrogen and oxygen atoms in total. The molecule has 0 aliphatic rings. The van der Waals surface area contributed by atoms with E-state index >= 15 is 0 Å². The first-order valence-electron chi connectivity index (χ1n) is 6.22. The number of carbonyl (C=O) groups is 1. The molecule has 0 aliphatic heterocycles. The summed E-state index contributed by atoms with van der Waals surface area (Å²) >= 11 is 8.94. The molecule has 20 heavy (non-hydrogen) atoms. The van der Waals surface area contributed by atoms with Gasteiger partial charge in [0.2, 0.25) is 5.91 Å². The van der Waals surface area contributed by atoms with E-state index in [1.54, 1.807) is 0 Å². The number of nitrogens with one attached hydrogen (secondary N) is 2. The van der Waals surface area contributed by atoms with Gasteiger partial charge in [0.15, 0.2) is 0 Å². The molecule has 2 aromatic heterocycles. The first kappa shape index (κ1) is 15.4. The summed E-state index contributed by atoms with van der Waals surface area (Å²) in [6.07, 6.45) is 0.312. The highest BCUT2D eigenvalue weighted by Gasteiger charge is 2.11. The number of nitrogens with zero attached hydrogens (tertiary/aromatic N) is 1. The number of likely N-dealkylation sites (N-methyl/N-ethyl adjacent to an activating group) is 1. The van der Waals surface area contributed by atoms with Crippen LogP contribution in [0.3, 0.4) is 0 Å². The molecule has 0 saturated heterocycles. The molecule has 0 spiro atoms. The lowest BCUT2D eigenvalue weighted by atomic mass is 10.3. The van der Waals surface area contributed by atoms with Crippen molar-refractivity contribution in [2.75, 3.05) is 13.6 Å². The lowest BCUT2D eigenvalue weighted by molar-refractivity contribution is -0.120. The number of amides is 1. The third-order valence-electron chi connectivity index (χ3n) is 2.78. The van der Waals surface area contributed by atoms with Crippen LogP contribution in [0.15, 0.2) is 17.5 Å². The molecule has 2 aromatic rings. The molecule has 0 aromatic carbocycles. The fourth-order valence-electron chi connectivity index (χ4n) is 1.53. The Labute approximate surface area is 131 Å². The third kappa shape index (κ3) is 4.28. The van der Waals surface area contributed by atoms with Crippen molar-refractivity contribution in [2.45, 2.75) is 19.4 Å². The molecule has 2 N–H and O–H groups in total. The normalized spacial score (nSPS) is 12.3. The summed E-state index contributed by atoms with van der Waals surface area (Å²) in [5, 5.41) is 8.78. The predicted octanol–water partition coefficient (Wildman–Crippen LogP) is 2.79. The highest BCUT2D eigenvalue weighted by molar-refractivity contribution is 7.23. The molecule has 2 heterocycles. The molecule has 1 amide bonds. The fraction of sp³-hybridized carbons (Fsp3) is 0.385. The van der Waals surface area contributed by atoms with Gasteiger partial charge >= 0.3 is 0 Å². The monoisotopic (exact) mass is 329 g/mol. The summed E-state index contributed by atoms with van der Waals surface area (Å²) in [4.78, 5) is 17.3. The van der Waals surface area contributed by atoms with E-state index in [0.717, 1.165) is 19.9 Å². The minimum absolute atomic E-state index is 0.00633. The van der Waals surface area contributed by atoms with Crippen LogP contribution < -0.4 is 10.6 Å². The Morgan fingerprint density at radius 1 is 1.50 bits per heavy atom. The van der Waals surface area contributed by atoms with Gasteiger partial charge in [-0.3, -0.25) is 4.79 Å². The summed E-state index contributed by atoms with van der Waals surface area (Å²) in [6, 6.07) is 4.07. The smallest absolute Gasteiger partial charge is 0.226 e. The summed E-state index contributed by atoms with van der Waals surface area (Å²) in [5.74, 6) is -0.00633. The van der Waals surface area contributed by atoms with Crippen LogP contribution in [0, 0.1) is 0 Å². The SMILES string of the molecule is CNC(C)CNC(=O)Cc1csc(-c2ccc(Cl)s2)n1. The summed E-state index contributed by atoms with van der Waals surface area (Å²) in [7, 11) is 1.87. The van der Waals surface area contributed by atoms with E-state index in [9.17, 15) is 4.79 Å². The molecule has 2 rings (SSSR count). The van der Waals surface area contributed by atoms with E-state index < -0.39 is 0 Å². The zero-order chi connectivity index (χ0) is 14.5. The Morgan fingerprint density at radius 2 is 2.30 bits per heavy atom. The molecular weight excluding hydrogens is 314 g/mol. The molecule has 0 radical (unpaired) electrons. The van der Waals surface area contributed by atoms with E-state index in [2.05, 4.69) is 15.6 Å². The zero-order valence-corrected chi connectivity index (χ0v) is 13.7. The van der Waals surface area contributed by atoms with Crippen LogP contribution in [0.5, 0.6) is 0 Å². The van der Waals surface area contributed by atoms with Gasteiger partial charge in [-0.2, -0.15) is 0 Å². The van der Waals surface area contributed by atoms with Crippen molar-refractivity contribution < 1.29 is 4.79 Å². The van der Waals surface area contributed by atoms with E-state index in [1.807, 2.05) is 31.5 Å². The predicted molar refractivity (Wildman–Crippen MR) is 85.7 cm³/mol. The van der Waals surface area contributed by atoms with E-state index in [4.69, 9.17) is 11.6 Å². The van der Waals surface area contributed by atoms with Gasteiger partial charge in [-0.05, 0) is 26.1 Å². The number of hydrogen-bond acceptors (Lipinski definition) is 5. The quantitative estimate of drug-likeness (QED) is 0.857. The van der Waals surface area contributed by atoms with Gasteiger partial charge in [-0.1, -0.05) is 11.6 Å². The first-order valence-corrected chi connectivity index (χ1v) is 8.30. The molecule has 0 aliphatic carbocycles. The molecule has 108 valence electrons. The second-order valence-electron chi connectivity index (χ2n) is 4.42. The average Bonchev–Trinajstić information content (AvgIpc) is 3.05. The molecular formula is C13H16ClN3OS2. The van der Waals surface area contributed by atoms with Crippen LogP contribution in [-0.2, 0) is 11.2 Å². The average molecular weight is 330 g/mol. The van der Waals surface area contributed by atoms with Crippen molar-refractivity contribution >= 4 is 40.2 Å². The van der Waals surface area contributed by atoms with Gasteiger partial charge in [0.1, 0.15) is 5.01 Å². The number of carbonyl (C=O) groups excluding carboxylic acids is 1. The maximum atomic E-state index is 11.8. The summed E-state index contributed by atoms with van der Waals surface area (Å²) < 4.78 is 0.746. The Bertz CT molecular complexity index is 582. The topological polar surface area (TPSA) is 54.0 Å². The number of aromatic nitrogens is 1. The van der Waals surface area contributed by atoms with Gasteiger partial charge in [-0.25, -0.2) is 4.98 Å². The van der Waals surface area contributed by atoms with Crippen LogP contribution in [0.1, 0.15) is 12.6 Å². The summed E-state index contributed by atoms with van der Waals surface area (Å²) in [6.45, 7) is 2.63. The largest absolute Gasteiger partial charge is 0.354 e. The number of rotatable bonds is 6. The Morgan fingerprint density at radius 3 is 2.95 bits per heavy atom. The van der Waals surface area contributed by atoms with Crippen LogP contribution in [-0.4, -0.2) is 30.5 Å². The maximum absolute atomic E-state index is 11.8. The first-order chi connectivity index (χ1) is 9.58. The van der Waals surface area contributed by atoms with Crippen molar-refractivity contribution in [3.8, 4) is 9.88 Å². The van der Waals surface area contributed by atoms with Crippen molar-refractivity contribution in [1.82, 2.24) is 15.6 Å². The van der Waals surface area contributed by atoms with Gasteiger partial charge in [-0.15, -0.1) is 22.7 Å². The standard InChI is InChI=1S/C13H16ClN3OS2/c1-8(15-2)6-16-12(18)5-9-7-19-13(17-9)10-3-4-11(14)20-10/h3-4,7-8,15H,5-6H2,1-2H3,(H,16,18). The molecule has 7 heteroatoms. The van der Waals surface area contributed by atoms with Gasteiger partial charge in [0.05, 0.1) is 21.3 Å². The van der Waals surface area contributed by atoms with Crippen molar-refractivity contribution in [3.63, 3.8) is 0 Å². The molecule has 0 fully saturated rings. The lowest BCUT2D eigenvalue weighted by Gasteiger charge is -2.10. The third-order valence-corrected chi connectivity index (χ3v) is 5.07. The van der Waals surface area contributed by atoms with Crippen molar-refractivity contribution in [1.29, 1.82) is 0 Å². The second-order valence-corrected chi connectivity index (χ2v) is 6.99. The van der Waals surface area contributed by atoms with Crippen LogP contribution >= 0.6 is 34.3 Å². The lowest BCUT2D eigenvalue weighted by Crippen LogP contribution is -2.37. The number of thiophene rings is 1. The van der Waals surface area contributed by atoms with E-state index in [1.165, 1.54) is 22.7 Å². The number of hydrogen-bond donors (Lipinski definition) is 2. The minimum atomic E-state index is -0.00633. The van der Waals surface area contributed by atoms with Gasteiger partial charge in [0, 0.05) is 18.0 Å². The van der Waals surface area contributed by atoms with E-state index in [0.29, 0.717) is 13.0 Å². The van der Waals surface area contributed by atoms with Gasteiger partial charge in [0.25, 0.3) is 0 Å². The number of halogens is 1. The van der Waals surface area contributed by atoms with Crippen molar-refractivity contribution in [2.24, 2.45) is 0 Å². The Balaban J connectivity index is 1.91. The molecule has 0 bridgehead atoms. The number of thiazole rings is 1. The molecule has 1 atom stereocenters. The second kappa shape index (κ2) is 7.17. The Hall–Kier alpha value is -0.950. The molecule has 0 saturated carbocycles. The highest BCUT2D eigenvalue weighted by atomic mass is 35.5. The van der Waals surface area contributed by atoms with E-state index in [-0.39, 0.29) is 11.9 Å². The Kier molecular flexibility index (Phi) is 5.54. The van der Waals surface area contributed by atoms with Gasteiger partial charge < -0.3 is 10.6 Å². The maximum Gasteiger partial charge on any atom is 0.226 e. The summed E-state index contributed by atoms with van der Waals surface area (Å²) in [5.41, 5.74) is 0.795. The van der Waals surface area contributed by atoms with Crippen LogP contribution in [0.25, 0.3) is 9.88 Å². The zero-order valence-electron chi connectivity index (χ0n) is 11.3. The molecule has 1 unspecified atom stereocenters. The minimum Gasteiger partial charge on any atom is -0.354 e. The van der Waals surface area contributed by atoms with Crippen LogP contribution in [0.2, 0.25) is 4.34 Å². The van der Waals surface area contributed by atoms with Crippen molar-refractivity contribution in [3.05, 3.63) is 27.5 Å². The highest BCUT2D eigenvalue weighted by Crippen LogP contribution is 2.32. The fourth-order valence-corrected chi connectivity index (χ4v) is 3.46.